The lowest BCUT2D eigenvalue weighted by Crippen LogP contribution is -2.48. The van der Waals surface area contributed by atoms with Crippen molar-refractivity contribution in [1.82, 2.24) is 10.0 Å². The van der Waals surface area contributed by atoms with Crippen molar-refractivity contribution in [2.45, 2.75) is 23.4 Å². The molecule has 0 heterocycles. The molecule has 7 nitrogen and oxygen atoms in total. The van der Waals surface area contributed by atoms with E-state index in [9.17, 15) is 31.9 Å². The molecule has 3 rings (SSSR count). The van der Waals surface area contributed by atoms with E-state index >= 15 is 0 Å². The van der Waals surface area contributed by atoms with Crippen molar-refractivity contribution in [3.63, 3.8) is 0 Å². The average molecular weight is 474 g/mol. The second-order valence-corrected chi connectivity index (χ2v) is 8.87. The molecule has 0 spiro atoms. The number of rotatable bonds is 9. The third-order valence-electron chi connectivity index (χ3n) is 4.74. The molecule has 0 saturated carbocycles. The summed E-state index contributed by atoms with van der Waals surface area (Å²) in [5.74, 6) is -3.54. The number of nitrogens with one attached hydrogen (secondary N) is 2. The van der Waals surface area contributed by atoms with Crippen LogP contribution in [0.1, 0.15) is 17.2 Å². The maximum Gasteiger partial charge on any atom is 0.326 e. The van der Waals surface area contributed by atoms with Gasteiger partial charge >= 0.3 is 5.97 Å². The highest BCUT2D eigenvalue weighted by Gasteiger charge is 2.30. The number of amides is 1. The van der Waals surface area contributed by atoms with Crippen LogP contribution in [0.4, 0.5) is 8.78 Å². The van der Waals surface area contributed by atoms with Gasteiger partial charge in [0.1, 0.15) is 23.7 Å². The molecule has 2 atom stereocenters. The molecule has 0 radical (unpaired) electrons. The van der Waals surface area contributed by atoms with Crippen LogP contribution in [0.15, 0.2) is 83.8 Å². The van der Waals surface area contributed by atoms with Crippen molar-refractivity contribution in [3.05, 3.63) is 102 Å². The van der Waals surface area contributed by atoms with Crippen molar-refractivity contribution in [3.8, 4) is 0 Å². The molecule has 3 aromatic carbocycles. The number of aliphatic carboxylic acids is 1. The third-order valence-corrected chi connectivity index (χ3v) is 6.16. The van der Waals surface area contributed by atoms with E-state index in [0.29, 0.717) is 5.56 Å². The minimum absolute atomic E-state index is 0.153. The summed E-state index contributed by atoms with van der Waals surface area (Å²) in [6, 6.07) is 14.3. The van der Waals surface area contributed by atoms with E-state index in [1.165, 1.54) is 36.4 Å². The second kappa shape index (κ2) is 10.3. The van der Waals surface area contributed by atoms with Gasteiger partial charge in [0.2, 0.25) is 15.9 Å². The summed E-state index contributed by atoms with van der Waals surface area (Å²) in [4.78, 5) is 24.4. The number of carboxylic acids is 1. The van der Waals surface area contributed by atoms with E-state index in [2.05, 4.69) is 10.0 Å². The topological polar surface area (TPSA) is 113 Å². The van der Waals surface area contributed by atoms with Gasteiger partial charge in [0.15, 0.2) is 0 Å². The van der Waals surface area contributed by atoms with E-state index < -0.39 is 50.5 Å². The van der Waals surface area contributed by atoms with Gasteiger partial charge in [-0.25, -0.2) is 22.0 Å². The van der Waals surface area contributed by atoms with Crippen LogP contribution in [-0.4, -0.2) is 31.4 Å². The fourth-order valence-corrected chi connectivity index (χ4v) is 4.30. The Morgan fingerprint density at radius 3 is 2.15 bits per heavy atom. The summed E-state index contributed by atoms with van der Waals surface area (Å²) < 4.78 is 54.5. The lowest BCUT2D eigenvalue weighted by Gasteiger charge is -2.22. The predicted octanol–water partition coefficient (Wildman–Crippen LogP) is 2.80. The molecule has 172 valence electrons. The summed E-state index contributed by atoms with van der Waals surface area (Å²) in [5.41, 5.74) is 0.710. The highest BCUT2D eigenvalue weighted by atomic mass is 32.2. The molecule has 3 aromatic rings. The Balaban J connectivity index is 1.87. The zero-order chi connectivity index (χ0) is 24.0. The van der Waals surface area contributed by atoms with Gasteiger partial charge in [-0.15, -0.1) is 0 Å². The Morgan fingerprint density at radius 2 is 1.55 bits per heavy atom. The summed E-state index contributed by atoms with van der Waals surface area (Å²) in [5, 5.41) is 11.9. The molecule has 0 aliphatic rings. The van der Waals surface area contributed by atoms with Crippen molar-refractivity contribution < 1.29 is 31.9 Å². The number of benzene rings is 3. The number of hydrogen-bond acceptors (Lipinski definition) is 4. The standard InChI is InChI=1S/C23H20F2N2O5S/c24-17-11-9-15(10-12-17)13-20(23(29)30)26-22(28)21(16-5-2-1-3-6-16)27-33(31,32)19-8-4-7-18(25)14-19/h1-12,14,20-21,27H,13H2,(H,26,28)(H,29,30)/t20-,21-/m0/s1. The maximum atomic E-state index is 13.5. The molecule has 0 unspecified atom stereocenters. The first-order valence-corrected chi connectivity index (χ1v) is 11.2. The zero-order valence-corrected chi connectivity index (χ0v) is 17.9. The van der Waals surface area contributed by atoms with Crippen molar-refractivity contribution in [1.29, 1.82) is 0 Å². The van der Waals surface area contributed by atoms with Crippen LogP contribution in [0.2, 0.25) is 0 Å². The van der Waals surface area contributed by atoms with Crippen LogP contribution in [0, 0.1) is 11.6 Å². The van der Waals surface area contributed by atoms with Gasteiger partial charge in [0, 0.05) is 6.42 Å². The Kier molecular flexibility index (Phi) is 7.52. The lowest BCUT2D eigenvalue weighted by atomic mass is 10.0. The number of sulfonamides is 1. The fraction of sp³-hybridized carbons (Fsp3) is 0.130. The predicted molar refractivity (Wildman–Crippen MR) is 116 cm³/mol. The summed E-state index contributed by atoms with van der Waals surface area (Å²) >= 11 is 0. The molecule has 0 fully saturated rings. The highest BCUT2D eigenvalue weighted by molar-refractivity contribution is 7.89. The molecule has 0 aliphatic carbocycles. The smallest absolute Gasteiger partial charge is 0.326 e. The lowest BCUT2D eigenvalue weighted by molar-refractivity contribution is -0.142. The van der Waals surface area contributed by atoms with Gasteiger partial charge in [-0.3, -0.25) is 4.79 Å². The average Bonchev–Trinajstić information content (AvgIpc) is 2.79. The molecular weight excluding hydrogens is 454 g/mol. The van der Waals surface area contributed by atoms with E-state index in [-0.39, 0.29) is 12.0 Å². The fourth-order valence-electron chi connectivity index (χ4n) is 3.09. The largest absolute Gasteiger partial charge is 0.480 e. The first-order chi connectivity index (χ1) is 15.7. The van der Waals surface area contributed by atoms with Crippen LogP contribution < -0.4 is 10.0 Å². The van der Waals surface area contributed by atoms with Crippen molar-refractivity contribution in [2.75, 3.05) is 0 Å². The van der Waals surface area contributed by atoms with Crippen LogP contribution in [-0.2, 0) is 26.0 Å². The number of carboxylic acid groups (broad SMARTS) is 1. The van der Waals surface area contributed by atoms with E-state index in [4.69, 9.17) is 0 Å². The molecule has 3 N–H and O–H groups in total. The van der Waals surface area contributed by atoms with Gasteiger partial charge in [-0.05, 0) is 41.5 Å². The first kappa shape index (κ1) is 24.0. The normalized spacial score (nSPS) is 13.2. The number of carbonyl (C=O) groups is 2. The van der Waals surface area contributed by atoms with Crippen LogP contribution in [0.5, 0.6) is 0 Å². The molecule has 10 heteroatoms. The summed E-state index contributed by atoms with van der Waals surface area (Å²) in [6.07, 6.45) is -0.153. The quantitative estimate of drug-likeness (QED) is 0.442. The number of hydrogen-bond donors (Lipinski definition) is 3. The highest BCUT2D eigenvalue weighted by Crippen LogP contribution is 2.19. The van der Waals surface area contributed by atoms with E-state index in [1.807, 2.05) is 0 Å². The number of carbonyl (C=O) groups excluding carboxylic acids is 1. The summed E-state index contributed by atoms with van der Waals surface area (Å²) in [7, 11) is -4.33. The Bertz CT molecular complexity index is 1240. The minimum atomic E-state index is -4.33. The Hall–Kier alpha value is -3.63. The van der Waals surface area contributed by atoms with Crippen molar-refractivity contribution in [2.24, 2.45) is 0 Å². The van der Waals surface area contributed by atoms with Gasteiger partial charge in [0.25, 0.3) is 0 Å². The second-order valence-electron chi connectivity index (χ2n) is 7.15. The van der Waals surface area contributed by atoms with Crippen LogP contribution in [0.3, 0.4) is 0 Å². The summed E-state index contributed by atoms with van der Waals surface area (Å²) in [6.45, 7) is 0. The zero-order valence-electron chi connectivity index (χ0n) is 17.1. The number of halogens is 2. The molecule has 0 aliphatic heterocycles. The van der Waals surface area contributed by atoms with Gasteiger partial charge < -0.3 is 10.4 Å². The molecule has 0 aromatic heterocycles. The third kappa shape index (κ3) is 6.43. The van der Waals surface area contributed by atoms with Crippen LogP contribution in [0.25, 0.3) is 0 Å². The van der Waals surface area contributed by atoms with Gasteiger partial charge in [-0.2, -0.15) is 4.72 Å². The molecule has 0 bridgehead atoms. The molecule has 1 amide bonds. The first-order valence-electron chi connectivity index (χ1n) is 9.76. The monoisotopic (exact) mass is 474 g/mol. The van der Waals surface area contributed by atoms with Crippen LogP contribution >= 0.6 is 0 Å². The van der Waals surface area contributed by atoms with Crippen molar-refractivity contribution >= 4 is 21.9 Å². The molecule has 33 heavy (non-hydrogen) atoms. The Morgan fingerprint density at radius 1 is 0.879 bits per heavy atom. The molecule has 0 saturated heterocycles. The molecular formula is C23H20F2N2O5S. The maximum absolute atomic E-state index is 13.5. The van der Waals surface area contributed by atoms with Gasteiger partial charge in [-0.1, -0.05) is 48.5 Å². The van der Waals surface area contributed by atoms with E-state index in [0.717, 1.165) is 24.3 Å². The van der Waals surface area contributed by atoms with E-state index in [1.54, 1.807) is 18.2 Å². The Labute approximate surface area is 189 Å². The minimum Gasteiger partial charge on any atom is -0.480 e. The SMILES string of the molecule is O=C(O)[C@H](Cc1ccc(F)cc1)NC(=O)[C@@H](NS(=O)(=O)c1cccc(F)c1)c1ccccc1. The van der Waals surface area contributed by atoms with Gasteiger partial charge in [0.05, 0.1) is 4.90 Å².